The quantitative estimate of drug-likeness (QED) is 0.201. The average Bonchev–Trinajstić information content (AvgIpc) is 2.82. The molecule has 0 aliphatic rings. The minimum atomic E-state index is -1.29. The van der Waals surface area contributed by atoms with Crippen LogP contribution in [0, 0.1) is 26.0 Å². The lowest BCUT2D eigenvalue weighted by atomic mass is 10.2. The van der Waals surface area contributed by atoms with Crippen molar-refractivity contribution in [3.05, 3.63) is 62.4 Å². The van der Waals surface area contributed by atoms with E-state index in [4.69, 9.17) is 0 Å². The molecule has 0 bridgehead atoms. The number of rotatable bonds is 11. The Morgan fingerprint density at radius 1 is 0.912 bits per heavy atom. The van der Waals surface area contributed by atoms with E-state index < -0.39 is 44.7 Å². The van der Waals surface area contributed by atoms with E-state index in [9.17, 15) is 34.2 Å². The Kier molecular flexibility index (Phi) is 9.05. The molecule has 0 aliphatic carbocycles. The van der Waals surface area contributed by atoms with Crippen molar-refractivity contribution in [3.63, 3.8) is 0 Å². The number of esters is 2. The third-order valence-electron chi connectivity index (χ3n) is 4.55. The molecule has 0 amide bonds. The zero-order chi connectivity index (χ0) is 25.3. The van der Waals surface area contributed by atoms with Crippen LogP contribution in [0.15, 0.2) is 46.6 Å². The van der Waals surface area contributed by atoms with Crippen molar-refractivity contribution in [2.24, 2.45) is 10.2 Å². The number of azo groups is 1. The highest BCUT2D eigenvalue weighted by Gasteiger charge is 2.25. The zero-order valence-corrected chi connectivity index (χ0v) is 18.2. The van der Waals surface area contributed by atoms with Crippen LogP contribution in [-0.4, -0.2) is 49.1 Å². The van der Waals surface area contributed by atoms with Gasteiger partial charge in [-0.15, -0.1) is 5.11 Å². The van der Waals surface area contributed by atoms with E-state index in [1.54, 1.807) is 17.0 Å². The average molecular weight is 477 g/mol. The molecule has 0 saturated carbocycles. The number of halogens is 1. The summed E-state index contributed by atoms with van der Waals surface area (Å²) in [5, 5.41) is 29.5. The number of benzene rings is 2. The van der Waals surface area contributed by atoms with Crippen molar-refractivity contribution < 1.29 is 33.3 Å². The number of hydrogen-bond acceptors (Lipinski definition) is 11. The number of ether oxygens (including phenoxy) is 2. The Bertz CT molecular complexity index is 1090. The number of hydrogen-bond donors (Lipinski definition) is 0. The van der Waals surface area contributed by atoms with Gasteiger partial charge < -0.3 is 14.4 Å². The van der Waals surface area contributed by atoms with Crippen LogP contribution in [-0.2, 0) is 19.1 Å². The van der Waals surface area contributed by atoms with Gasteiger partial charge in [-0.05, 0) is 24.3 Å². The van der Waals surface area contributed by atoms with Gasteiger partial charge in [0.25, 0.3) is 0 Å². The van der Waals surface area contributed by atoms with Crippen molar-refractivity contribution in [1.29, 1.82) is 0 Å². The maximum Gasteiger partial charge on any atom is 0.311 e. The lowest BCUT2D eigenvalue weighted by Crippen LogP contribution is -2.29. The molecule has 0 radical (unpaired) electrons. The molecule has 34 heavy (non-hydrogen) atoms. The molecule has 0 spiro atoms. The van der Waals surface area contributed by atoms with Crippen molar-refractivity contribution in [2.75, 3.05) is 32.2 Å². The van der Waals surface area contributed by atoms with Crippen LogP contribution >= 0.6 is 0 Å². The molecule has 0 atom stereocenters. The summed E-state index contributed by atoms with van der Waals surface area (Å²) >= 11 is 0. The fourth-order valence-electron chi connectivity index (χ4n) is 2.77. The summed E-state index contributed by atoms with van der Waals surface area (Å²) in [5.41, 5.74) is -1.42. The molecule has 2 aromatic rings. The Morgan fingerprint density at radius 2 is 1.44 bits per heavy atom. The van der Waals surface area contributed by atoms with E-state index in [-0.39, 0.29) is 31.6 Å². The van der Waals surface area contributed by atoms with Gasteiger partial charge in [-0.1, -0.05) is 0 Å². The molecular formula is C20H20FN5O8. The van der Waals surface area contributed by atoms with Gasteiger partial charge in [0.1, 0.15) is 0 Å². The maximum atomic E-state index is 13.9. The smallest absolute Gasteiger partial charge is 0.311 e. The molecule has 0 saturated heterocycles. The first-order valence-electron chi connectivity index (χ1n) is 9.69. The lowest BCUT2D eigenvalue weighted by Gasteiger charge is -2.24. The molecule has 0 N–H and O–H groups in total. The Balaban J connectivity index is 2.25. The van der Waals surface area contributed by atoms with Crippen molar-refractivity contribution in [1.82, 2.24) is 0 Å². The molecule has 13 nitrogen and oxygen atoms in total. The van der Waals surface area contributed by atoms with Crippen molar-refractivity contribution in [2.45, 2.75) is 12.8 Å². The van der Waals surface area contributed by atoms with Crippen LogP contribution in [0.2, 0.25) is 0 Å². The summed E-state index contributed by atoms with van der Waals surface area (Å²) in [7, 11) is 2.53. The fourth-order valence-corrected chi connectivity index (χ4v) is 2.77. The van der Waals surface area contributed by atoms with Crippen LogP contribution in [0.5, 0.6) is 0 Å². The molecule has 0 fully saturated rings. The standard InChI is InChI=1S/C20H20FN5O8/c1-33-19(27)7-9-24(10-8-20(28)34-2)14-5-3-13(4-6-14)22-23-16-11-15(21)17(25(29)30)12-18(16)26(31)32/h3-6,11-12H,7-10H2,1-2H3. The topological polar surface area (TPSA) is 167 Å². The summed E-state index contributed by atoms with van der Waals surface area (Å²) in [5.74, 6) is -2.14. The molecule has 0 aromatic heterocycles. The van der Waals surface area contributed by atoms with Crippen LogP contribution in [0.4, 0.5) is 32.8 Å². The Hall–Kier alpha value is -4.49. The van der Waals surface area contributed by atoms with Crippen molar-refractivity contribution >= 4 is 40.4 Å². The summed E-state index contributed by atoms with van der Waals surface area (Å²) in [6, 6.07) is 7.30. The summed E-state index contributed by atoms with van der Waals surface area (Å²) in [4.78, 5) is 44.7. The van der Waals surface area contributed by atoms with Gasteiger partial charge >= 0.3 is 23.3 Å². The second-order valence-corrected chi connectivity index (χ2v) is 6.66. The molecular weight excluding hydrogens is 457 g/mol. The normalized spacial score (nSPS) is 10.7. The van der Waals surface area contributed by atoms with E-state index in [0.717, 1.165) is 0 Å². The Labute approximate surface area is 192 Å². The molecule has 2 aromatic carbocycles. The van der Waals surface area contributed by atoms with Crippen LogP contribution in [0.1, 0.15) is 12.8 Å². The predicted octanol–water partition coefficient (Wildman–Crippen LogP) is 3.99. The molecule has 0 aliphatic heterocycles. The second kappa shape index (κ2) is 11.9. The SMILES string of the molecule is COC(=O)CCN(CCC(=O)OC)c1ccc(N=Nc2cc(F)c([N+](=O)[O-])cc2[N+](=O)[O-])cc1. The highest BCUT2D eigenvalue weighted by atomic mass is 19.1. The van der Waals surface area contributed by atoms with E-state index in [1.807, 2.05) is 0 Å². The third-order valence-corrected chi connectivity index (χ3v) is 4.55. The van der Waals surface area contributed by atoms with Crippen LogP contribution < -0.4 is 4.90 Å². The summed E-state index contributed by atoms with van der Waals surface area (Å²) in [6.45, 7) is 0.525. The number of nitro groups is 2. The highest BCUT2D eigenvalue weighted by molar-refractivity contribution is 5.71. The number of anilines is 1. The largest absolute Gasteiger partial charge is 0.469 e. The molecule has 0 unspecified atom stereocenters. The van der Waals surface area contributed by atoms with Gasteiger partial charge in [-0.25, -0.2) is 0 Å². The molecule has 0 heterocycles. The third kappa shape index (κ3) is 7.01. The van der Waals surface area contributed by atoms with Gasteiger partial charge in [-0.2, -0.15) is 9.50 Å². The second-order valence-electron chi connectivity index (χ2n) is 6.66. The van der Waals surface area contributed by atoms with Gasteiger partial charge in [0.05, 0.1) is 48.7 Å². The molecule has 14 heteroatoms. The van der Waals surface area contributed by atoms with E-state index in [2.05, 4.69) is 19.7 Å². The van der Waals surface area contributed by atoms with Gasteiger partial charge in [-0.3, -0.25) is 29.8 Å². The monoisotopic (exact) mass is 477 g/mol. The number of carbonyl (C=O) groups excluding carboxylic acids is 2. The zero-order valence-electron chi connectivity index (χ0n) is 18.2. The lowest BCUT2D eigenvalue weighted by molar-refractivity contribution is -0.395. The van der Waals surface area contributed by atoms with Gasteiger partial charge in [0, 0.05) is 24.8 Å². The van der Waals surface area contributed by atoms with Crippen molar-refractivity contribution in [3.8, 4) is 0 Å². The van der Waals surface area contributed by atoms with Crippen LogP contribution in [0.3, 0.4) is 0 Å². The van der Waals surface area contributed by atoms with Crippen LogP contribution in [0.25, 0.3) is 0 Å². The minimum absolute atomic E-state index is 0.0779. The summed E-state index contributed by atoms with van der Waals surface area (Å²) < 4.78 is 23.2. The number of carbonyl (C=O) groups is 2. The molecule has 2 rings (SSSR count). The number of nitrogens with zero attached hydrogens (tertiary/aromatic N) is 5. The highest BCUT2D eigenvalue weighted by Crippen LogP contribution is 2.35. The fraction of sp³-hybridized carbons (Fsp3) is 0.300. The maximum absolute atomic E-state index is 13.9. The molecule has 180 valence electrons. The minimum Gasteiger partial charge on any atom is -0.469 e. The Morgan fingerprint density at radius 3 is 1.91 bits per heavy atom. The number of methoxy groups -OCH3 is 2. The van der Waals surface area contributed by atoms with E-state index in [0.29, 0.717) is 17.8 Å². The first kappa shape index (κ1) is 25.8. The first-order valence-corrected chi connectivity index (χ1v) is 9.69. The first-order chi connectivity index (χ1) is 16.2. The van der Waals surface area contributed by atoms with E-state index >= 15 is 0 Å². The predicted molar refractivity (Wildman–Crippen MR) is 116 cm³/mol. The number of nitro benzene ring substituents is 2. The van der Waals surface area contributed by atoms with E-state index in [1.165, 1.54) is 26.4 Å². The van der Waals surface area contributed by atoms with Gasteiger partial charge in [0.2, 0.25) is 5.82 Å². The van der Waals surface area contributed by atoms with Gasteiger partial charge in [0.15, 0.2) is 5.69 Å². The summed E-state index contributed by atoms with van der Waals surface area (Å²) in [6.07, 6.45) is 0.156.